The highest BCUT2D eigenvalue weighted by atomic mass is 16.5. The molecule has 1 aromatic rings. The summed E-state index contributed by atoms with van der Waals surface area (Å²) in [5.41, 5.74) is 0.862. The summed E-state index contributed by atoms with van der Waals surface area (Å²) >= 11 is 0. The minimum atomic E-state index is -0.228. The second-order valence-electron chi connectivity index (χ2n) is 5.76. The van der Waals surface area contributed by atoms with Crippen LogP contribution in [0.15, 0.2) is 24.5 Å². The van der Waals surface area contributed by atoms with Crippen LogP contribution in [-0.4, -0.2) is 41.2 Å². The van der Waals surface area contributed by atoms with Crippen LogP contribution in [0, 0.1) is 0 Å². The Morgan fingerprint density at radius 2 is 2.19 bits per heavy atom. The monoisotopic (exact) mass is 291 g/mol. The van der Waals surface area contributed by atoms with Crippen molar-refractivity contribution < 1.29 is 9.53 Å². The lowest BCUT2D eigenvalue weighted by Gasteiger charge is -2.40. The quantitative estimate of drug-likeness (QED) is 0.928. The molecule has 1 fully saturated rings. The normalized spacial score (nSPS) is 23.7. The molecule has 0 saturated carbocycles. The second-order valence-corrected chi connectivity index (χ2v) is 5.76. The molecule has 2 atom stereocenters. The molecule has 1 N–H and O–H groups in total. The lowest BCUT2D eigenvalue weighted by atomic mass is 10.0. The highest BCUT2D eigenvalue weighted by molar-refractivity contribution is 5.75. The number of pyridine rings is 1. The van der Waals surface area contributed by atoms with Gasteiger partial charge in [0.25, 0.3) is 0 Å². The number of rotatable bonds is 4. The van der Waals surface area contributed by atoms with Crippen LogP contribution in [0.1, 0.15) is 45.2 Å². The predicted molar refractivity (Wildman–Crippen MR) is 82.0 cm³/mol. The number of hydrogen-bond donors (Lipinski definition) is 1. The molecule has 1 aliphatic rings. The van der Waals surface area contributed by atoms with Gasteiger partial charge in [-0.3, -0.25) is 4.98 Å². The molecule has 1 saturated heterocycles. The lowest BCUT2D eigenvalue weighted by molar-refractivity contribution is -0.0874. The van der Waals surface area contributed by atoms with Gasteiger partial charge in [-0.1, -0.05) is 13.8 Å². The third-order valence-corrected chi connectivity index (χ3v) is 4.19. The number of nitrogens with zero attached hydrogens (tertiary/aromatic N) is 2. The first-order valence-electron chi connectivity index (χ1n) is 7.67. The first-order valence-corrected chi connectivity index (χ1v) is 7.67. The van der Waals surface area contributed by atoms with E-state index in [1.165, 1.54) is 0 Å². The molecule has 5 heteroatoms. The zero-order chi connectivity index (χ0) is 15.3. The minimum absolute atomic E-state index is 0.0124. The number of morpholine rings is 1. The molecule has 0 unspecified atom stereocenters. The summed E-state index contributed by atoms with van der Waals surface area (Å²) in [6, 6.07) is 3.91. The Labute approximate surface area is 126 Å². The first-order chi connectivity index (χ1) is 10.1. The second kappa shape index (κ2) is 6.89. The van der Waals surface area contributed by atoms with Crippen molar-refractivity contribution in [1.29, 1.82) is 0 Å². The van der Waals surface area contributed by atoms with Crippen molar-refractivity contribution in [2.75, 3.05) is 19.7 Å². The third kappa shape index (κ3) is 3.94. The fourth-order valence-electron chi connectivity index (χ4n) is 2.58. The number of aromatic nitrogens is 1. The van der Waals surface area contributed by atoms with Gasteiger partial charge in [-0.15, -0.1) is 0 Å². The van der Waals surface area contributed by atoms with Crippen LogP contribution < -0.4 is 5.32 Å². The summed E-state index contributed by atoms with van der Waals surface area (Å²) in [6.07, 6.45) is 5.27. The van der Waals surface area contributed by atoms with Crippen molar-refractivity contribution >= 4 is 6.03 Å². The maximum Gasteiger partial charge on any atom is 0.318 e. The average molecular weight is 291 g/mol. The zero-order valence-electron chi connectivity index (χ0n) is 13.1. The first kappa shape index (κ1) is 15.8. The van der Waals surface area contributed by atoms with Crippen LogP contribution in [0.25, 0.3) is 0 Å². The highest BCUT2D eigenvalue weighted by Gasteiger charge is 2.33. The molecule has 0 aromatic carbocycles. The van der Waals surface area contributed by atoms with Gasteiger partial charge in [-0.2, -0.15) is 0 Å². The van der Waals surface area contributed by atoms with E-state index in [0.29, 0.717) is 19.7 Å². The van der Waals surface area contributed by atoms with E-state index in [9.17, 15) is 4.79 Å². The van der Waals surface area contributed by atoms with Crippen LogP contribution in [0.5, 0.6) is 0 Å². The predicted octanol–water partition coefficient (Wildman–Crippen LogP) is 2.74. The molecule has 2 heterocycles. The van der Waals surface area contributed by atoms with Crippen molar-refractivity contribution in [2.45, 2.75) is 45.3 Å². The molecule has 2 amide bonds. The van der Waals surface area contributed by atoms with Crippen molar-refractivity contribution in [2.24, 2.45) is 0 Å². The molecule has 0 spiro atoms. The maximum absolute atomic E-state index is 12.5. The van der Waals surface area contributed by atoms with Gasteiger partial charge in [0.15, 0.2) is 0 Å². The van der Waals surface area contributed by atoms with Crippen molar-refractivity contribution in [3.63, 3.8) is 0 Å². The van der Waals surface area contributed by atoms with E-state index >= 15 is 0 Å². The number of nitrogens with one attached hydrogen (secondary N) is 1. The van der Waals surface area contributed by atoms with Crippen molar-refractivity contribution in [1.82, 2.24) is 15.2 Å². The molecule has 1 aliphatic heterocycles. The van der Waals surface area contributed by atoms with Crippen LogP contribution in [0.3, 0.4) is 0 Å². The molecule has 1 aromatic heterocycles. The Kier molecular flexibility index (Phi) is 5.17. The van der Waals surface area contributed by atoms with Crippen LogP contribution in [0.4, 0.5) is 4.79 Å². The average Bonchev–Trinajstić information content (AvgIpc) is 2.53. The molecule has 116 valence electrons. The van der Waals surface area contributed by atoms with Gasteiger partial charge in [0, 0.05) is 18.9 Å². The number of carbonyl (C=O) groups is 1. The van der Waals surface area contributed by atoms with E-state index in [1.54, 1.807) is 12.4 Å². The van der Waals surface area contributed by atoms with Crippen molar-refractivity contribution in [3.05, 3.63) is 30.1 Å². The summed E-state index contributed by atoms with van der Waals surface area (Å²) in [5, 5.41) is 3.12. The zero-order valence-corrected chi connectivity index (χ0v) is 13.1. The van der Waals surface area contributed by atoms with E-state index in [2.05, 4.69) is 31.1 Å². The lowest BCUT2D eigenvalue weighted by Crippen LogP contribution is -2.54. The summed E-state index contributed by atoms with van der Waals surface area (Å²) in [7, 11) is 0. The number of carbonyl (C=O) groups excluding carboxylic acids is 1. The molecular weight excluding hydrogens is 266 g/mol. The van der Waals surface area contributed by atoms with Gasteiger partial charge in [0.1, 0.15) is 0 Å². The molecule has 0 aliphatic carbocycles. The molecule has 0 bridgehead atoms. The Bertz CT molecular complexity index is 466. The SMILES string of the molecule is CC[C@H](NC(=O)N1CCO[C@](C)(CC)C1)c1ccncc1. The van der Waals surface area contributed by atoms with E-state index in [4.69, 9.17) is 4.74 Å². The number of hydrogen-bond acceptors (Lipinski definition) is 3. The number of amides is 2. The van der Waals surface area contributed by atoms with Gasteiger partial charge in [-0.05, 0) is 37.5 Å². The fraction of sp³-hybridized carbons (Fsp3) is 0.625. The topological polar surface area (TPSA) is 54.5 Å². The molecule has 0 radical (unpaired) electrons. The van der Waals surface area contributed by atoms with Gasteiger partial charge < -0.3 is 15.0 Å². The Balaban J connectivity index is 2.00. The van der Waals surface area contributed by atoms with Crippen molar-refractivity contribution in [3.8, 4) is 0 Å². The molecular formula is C16H25N3O2. The summed E-state index contributed by atoms with van der Waals surface area (Å²) in [4.78, 5) is 18.4. The third-order valence-electron chi connectivity index (χ3n) is 4.19. The largest absolute Gasteiger partial charge is 0.372 e. The van der Waals surface area contributed by atoms with E-state index < -0.39 is 0 Å². The van der Waals surface area contributed by atoms with E-state index in [1.807, 2.05) is 17.0 Å². The van der Waals surface area contributed by atoms with Crippen LogP contribution >= 0.6 is 0 Å². The Morgan fingerprint density at radius 1 is 1.48 bits per heavy atom. The van der Waals surface area contributed by atoms with E-state index in [0.717, 1.165) is 18.4 Å². The van der Waals surface area contributed by atoms with Gasteiger partial charge in [0.2, 0.25) is 0 Å². The standard InChI is InChI=1S/C16H25N3O2/c1-4-14(13-6-8-17-9-7-13)18-15(20)19-10-11-21-16(3,5-2)12-19/h6-9,14H,4-5,10-12H2,1-3H3,(H,18,20)/t14-,16+/m0/s1. The Morgan fingerprint density at radius 3 is 2.81 bits per heavy atom. The molecule has 2 rings (SSSR count). The fourth-order valence-corrected chi connectivity index (χ4v) is 2.58. The smallest absolute Gasteiger partial charge is 0.318 e. The summed E-state index contributed by atoms with van der Waals surface area (Å²) in [6.45, 7) is 8.11. The molecule has 5 nitrogen and oxygen atoms in total. The van der Waals surface area contributed by atoms with Crippen LogP contribution in [0.2, 0.25) is 0 Å². The molecule has 21 heavy (non-hydrogen) atoms. The van der Waals surface area contributed by atoms with Gasteiger partial charge in [0.05, 0.1) is 24.8 Å². The van der Waals surface area contributed by atoms with Gasteiger partial charge in [-0.25, -0.2) is 4.79 Å². The maximum atomic E-state index is 12.5. The Hall–Kier alpha value is -1.62. The summed E-state index contributed by atoms with van der Waals surface area (Å²) < 4.78 is 5.78. The highest BCUT2D eigenvalue weighted by Crippen LogP contribution is 2.22. The van der Waals surface area contributed by atoms with Gasteiger partial charge >= 0.3 is 6.03 Å². The summed E-state index contributed by atoms with van der Waals surface area (Å²) in [5.74, 6) is 0. The number of ether oxygens (including phenoxy) is 1. The van der Waals surface area contributed by atoms with E-state index in [-0.39, 0.29) is 17.7 Å². The van der Waals surface area contributed by atoms with Crippen LogP contribution in [-0.2, 0) is 4.74 Å². The minimum Gasteiger partial charge on any atom is -0.372 e. The number of urea groups is 1.